The fraction of sp³-hybridized carbons (Fsp3) is 0.440. The fourth-order valence-corrected chi connectivity index (χ4v) is 4.85. The summed E-state index contributed by atoms with van der Waals surface area (Å²) in [5.74, 6) is -0.121. The predicted octanol–water partition coefficient (Wildman–Crippen LogP) is 4.49. The molecule has 2 heterocycles. The first kappa shape index (κ1) is 27.0. The van der Waals surface area contributed by atoms with Crippen molar-refractivity contribution in [3.05, 3.63) is 63.1 Å². The average molecular weight is 557 g/mol. The summed E-state index contributed by atoms with van der Waals surface area (Å²) in [6.45, 7) is 0.777. The van der Waals surface area contributed by atoms with Gasteiger partial charge < -0.3 is 30.1 Å². The number of carbonyl (C=O) groups is 2. The molecule has 2 aliphatic heterocycles. The average Bonchev–Trinajstić information content (AvgIpc) is 2.84. The van der Waals surface area contributed by atoms with E-state index in [1.165, 1.54) is 0 Å². The van der Waals surface area contributed by atoms with E-state index in [1.54, 1.807) is 35.2 Å². The summed E-state index contributed by atoms with van der Waals surface area (Å²) < 4.78 is 11.8. The maximum atomic E-state index is 13.2. The van der Waals surface area contributed by atoms with E-state index in [2.05, 4.69) is 10.6 Å². The molecule has 4 atom stereocenters. The summed E-state index contributed by atoms with van der Waals surface area (Å²) >= 11 is 17.9. The van der Waals surface area contributed by atoms with Gasteiger partial charge in [0.15, 0.2) is 0 Å². The van der Waals surface area contributed by atoms with Crippen molar-refractivity contribution in [1.29, 1.82) is 0 Å². The lowest BCUT2D eigenvalue weighted by Crippen LogP contribution is -2.58. The Bertz CT molecular complexity index is 1070. The molecule has 36 heavy (non-hydrogen) atoms. The van der Waals surface area contributed by atoms with E-state index in [9.17, 15) is 14.7 Å². The molecule has 0 unspecified atom stereocenters. The number of benzene rings is 2. The number of rotatable bonds is 5. The van der Waals surface area contributed by atoms with Crippen LogP contribution in [0.25, 0.3) is 0 Å². The molecule has 0 bridgehead atoms. The molecule has 194 valence electrons. The number of urea groups is 1. The first-order valence-electron chi connectivity index (χ1n) is 11.7. The highest BCUT2D eigenvalue weighted by molar-refractivity contribution is 6.42. The van der Waals surface area contributed by atoms with Crippen molar-refractivity contribution in [3.8, 4) is 0 Å². The van der Waals surface area contributed by atoms with E-state index in [-0.39, 0.29) is 50.3 Å². The fourth-order valence-electron chi connectivity index (χ4n) is 4.43. The molecular formula is C25H28Cl3N3O5. The normalized spacial score (nSPS) is 24.3. The third-order valence-electron chi connectivity index (χ3n) is 6.23. The Kier molecular flexibility index (Phi) is 9.33. The molecule has 3 N–H and O–H groups in total. The first-order valence-corrected chi connectivity index (χ1v) is 12.9. The number of nitrogens with one attached hydrogen (secondary N) is 2. The lowest BCUT2D eigenvalue weighted by molar-refractivity contribution is -0.149. The van der Waals surface area contributed by atoms with Gasteiger partial charge in [-0.3, -0.25) is 4.79 Å². The van der Waals surface area contributed by atoms with Gasteiger partial charge in [0.2, 0.25) is 5.91 Å². The quantitative estimate of drug-likeness (QED) is 0.504. The van der Waals surface area contributed by atoms with Crippen molar-refractivity contribution in [2.24, 2.45) is 0 Å². The summed E-state index contributed by atoms with van der Waals surface area (Å²) in [6, 6.07) is 11.4. The minimum atomic E-state index is -0.832. The number of aliphatic hydroxyl groups is 1. The smallest absolute Gasteiger partial charge is 0.322 e. The summed E-state index contributed by atoms with van der Waals surface area (Å²) in [7, 11) is 0. The van der Waals surface area contributed by atoms with Crippen LogP contribution in [0.2, 0.25) is 15.1 Å². The number of hydrogen-bond acceptors (Lipinski definition) is 5. The Morgan fingerprint density at radius 1 is 1.03 bits per heavy atom. The Hall–Kier alpha value is -2.07. The number of aliphatic hydroxyl groups excluding tert-OH is 1. The second-order valence-electron chi connectivity index (χ2n) is 8.95. The van der Waals surface area contributed by atoms with Crippen LogP contribution in [0.5, 0.6) is 0 Å². The van der Waals surface area contributed by atoms with Crippen molar-refractivity contribution in [3.63, 3.8) is 0 Å². The number of nitrogens with zero attached hydrogens (tertiary/aromatic N) is 1. The maximum Gasteiger partial charge on any atom is 0.322 e. The highest BCUT2D eigenvalue weighted by Gasteiger charge is 2.40. The molecule has 8 nitrogen and oxygen atoms in total. The number of fused-ring (bicyclic) bond motifs is 1. The number of carbonyl (C=O) groups excluding carboxylic acids is 2. The van der Waals surface area contributed by atoms with Gasteiger partial charge in [0.25, 0.3) is 0 Å². The molecule has 2 aromatic rings. The largest absolute Gasteiger partial charge is 0.389 e. The number of amides is 3. The van der Waals surface area contributed by atoms with Gasteiger partial charge in [-0.25, -0.2) is 4.79 Å². The molecule has 0 spiro atoms. The highest BCUT2D eigenvalue weighted by Crippen LogP contribution is 2.29. The highest BCUT2D eigenvalue weighted by atomic mass is 35.5. The topological polar surface area (TPSA) is 100 Å². The number of β-amino-alcohol motifs (C(OH)–C–C–N with tert-alkyl or cyclic N) is 1. The minimum Gasteiger partial charge on any atom is -0.389 e. The zero-order chi connectivity index (χ0) is 25.7. The van der Waals surface area contributed by atoms with Gasteiger partial charge in [0, 0.05) is 17.3 Å². The van der Waals surface area contributed by atoms with E-state index in [4.69, 9.17) is 44.3 Å². The van der Waals surface area contributed by atoms with Crippen LogP contribution in [0, 0.1) is 0 Å². The lowest BCUT2D eigenvalue weighted by Gasteiger charge is -2.44. The van der Waals surface area contributed by atoms with Crippen LogP contribution in [0.1, 0.15) is 24.8 Å². The number of halogens is 3. The molecule has 0 saturated carbocycles. The van der Waals surface area contributed by atoms with Crippen molar-refractivity contribution < 1.29 is 24.2 Å². The van der Waals surface area contributed by atoms with Gasteiger partial charge in [0.05, 0.1) is 54.5 Å². The monoisotopic (exact) mass is 555 g/mol. The van der Waals surface area contributed by atoms with Gasteiger partial charge in [-0.05, 0) is 48.7 Å². The third-order valence-corrected chi connectivity index (χ3v) is 7.22. The number of hydrogen-bond donors (Lipinski definition) is 3. The van der Waals surface area contributed by atoms with Gasteiger partial charge in [-0.1, -0.05) is 46.9 Å². The number of ether oxygens (including phenoxy) is 2. The SMILES string of the molecule is O=C(C[C@H]1CC[C@@H]2[C@H](COC[C@H](O)CN2C(=O)Nc2ccc(Cl)c(Cl)c2)O1)NCc1ccc(Cl)cc1. The van der Waals surface area contributed by atoms with E-state index in [1.807, 2.05) is 12.1 Å². The van der Waals surface area contributed by atoms with Crippen LogP contribution >= 0.6 is 34.8 Å². The molecule has 0 radical (unpaired) electrons. The lowest BCUT2D eigenvalue weighted by atomic mass is 9.95. The van der Waals surface area contributed by atoms with Crippen LogP contribution in [0.4, 0.5) is 10.5 Å². The number of anilines is 1. The zero-order valence-electron chi connectivity index (χ0n) is 19.5. The molecule has 2 saturated heterocycles. The predicted molar refractivity (Wildman–Crippen MR) is 139 cm³/mol. The van der Waals surface area contributed by atoms with E-state index >= 15 is 0 Å². The van der Waals surface area contributed by atoms with Gasteiger partial charge in [-0.2, -0.15) is 0 Å². The van der Waals surface area contributed by atoms with Crippen molar-refractivity contribution in [1.82, 2.24) is 10.2 Å². The van der Waals surface area contributed by atoms with Crippen molar-refractivity contribution in [2.45, 2.75) is 50.2 Å². The van der Waals surface area contributed by atoms with Crippen LogP contribution in [-0.2, 0) is 20.8 Å². The molecule has 2 fully saturated rings. The Morgan fingerprint density at radius 3 is 2.56 bits per heavy atom. The molecule has 2 aromatic carbocycles. The molecule has 3 amide bonds. The summed E-state index contributed by atoms with van der Waals surface area (Å²) in [4.78, 5) is 27.3. The standard InChI is InChI=1S/C25H28Cl3N3O5/c26-16-3-1-15(2-4-16)11-29-24(33)10-19-6-8-22-23(36-19)14-35-13-18(32)12-31(22)25(34)30-17-5-7-20(27)21(28)9-17/h1-5,7,9,18-19,22-23,32H,6,8,10-14H2,(H,29,33)(H,30,34)/t18-,19-,22-,23+/m1/s1. The zero-order valence-corrected chi connectivity index (χ0v) is 21.7. The Balaban J connectivity index is 1.36. The molecule has 0 aromatic heterocycles. The second-order valence-corrected chi connectivity index (χ2v) is 10.2. The van der Waals surface area contributed by atoms with Crippen LogP contribution in [0.15, 0.2) is 42.5 Å². The van der Waals surface area contributed by atoms with Crippen LogP contribution in [0.3, 0.4) is 0 Å². The third kappa shape index (κ3) is 7.25. The van der Waals surface area contributed by atoms with E-state index in [0.29, 0.717) is 40.1 Å². The Labute approximate surface area is 224 Å². The van der Waals surface area contributed by atoms with Crippen LogP contribution < -0.4 is 10.6 Å². The summed E-state index contributed by atoms with van der Waals surface area (Å²) in [5.41, 5.74) is 1.44. The molecular weight excluding hydrogens is 529 g/mol. The van der Waals surface area contributed by atoms with Crippen molar-refractivity contribution in [2.75, 3.05) is 25.1 Å². The molecule has 4 rings (SSSR count). The molecule has 11 heteroatoms. The van der Waals surface area contributed by atoms with Gasteiger partial charge in [0.1, 0.15) is 6.10 Å². The van der Waals surface area contributed by atoms with Crippen LogP contribution in [-0.4, -0.2) is 66.1 Å². The summed E-state index contributed by atoms with van der Waals surface area (Å²) in [6.07, 6.45) is -0.173. The first-order chi connectivity index (χ1) is 17.3. The molecule has 0 aliphatic carbocycles. The molecule has 2 aliphatic rings. The Morgan fingerprint density at radius 2 is 1.81 bits per heavy atom. The minimum absolute atomic E-state index is 0.0787. The van der Waals surface area contributed by atoms with Crippen molar-refractivity contribution >= 4 is 52.4 Å². The van der Waals surface area contributed by atoms with Gasteiger partial charge in [-0.15, -0.1) is 0 Å². The maximum absolute atomic E-state index is 13.2. The van der Waals surface area contributed by atoms with E-state index < -0.39 is 12.2 Å². The summed E-state index contributed by atoms with van der Waals surface area (Å²) in [5, 5.41) is 17.4. The van der Waals surface area contributed by atoms with Gasteiger partial charge >= 0.3 is 6.03 Å². The second kappa shape index (κ2) is 12.4. The van der Waals surface area contributed by atoms with E-state index in [0.717, 1.165) is 5.56 Å².